The van der Waals surface area contributed by atoms with Crippen LogP contribution in [0.5, 0.6) is 0 Å². The summed E-state index contributed by atoms with van der Waals surface area (Å²) in [6.45, 7) is 2.71. The summed E-state index contributed by atoms with van der Waals surface area (Å²) < 4.78 is 1.05. The number of primary amides is 1. The van der Waals surface area contributed by atoms with E-state index in [4.69, 9.17) is 17.3 Å². The van der Waals surface area contributed by atoms with E-state index in [1.165, 1.54) is 5.56 Å². The Morgan fingerprint density at radius 1 is 1.33 bits per heavy atom. The van der Waals surface area contributed by atoms with E-state index in [1.54, 1.807) is 12.1 Å². The van der Waals surface area contributed by atoms with Crippen molar-refractivity contribution in [3.8, 4) is 0 Å². The van der Waals surface area contributed by atoms with Gasteiger partial charge in [0.2, 0.25) is 5.91 Å². The summed E-state index contributed by atoms with van der Waals surface area (Å²) in [6.07, 6.45) is 0. The summed E-state index contributed by atoms with van der Waals surface area (Å²) in [5.74, 6) is -0.473. The Bertz CT molecular complexity index is 660. The van der Waals surface area contributed by atoms with Crippen LogP contribution in [0.3, 0.4) is 0 Å². The summed E-state index contributed by atoms with van der Waals surface area (Å²) in [4.78, 5) is 11.1. The minimum Gasteiger partial charge on any atom is -0.366 e. The van der Waals surface area contributed by atoms with Crippen LogP contribution in [0.15, 0.2) is 46.9 Å². The second-order valence-corrected chi connectivity index (χ2v) is 6.15. The molecule has 0 spiro atoms. The topological polar surface area (TPSA) is 55.1 Å². The van der Waals surface area contributed by atoms with Gasteiger partial charge in [0.25, 0.3) is 0 Å². The van der Waals surface area contributed by atoms with Crippen molar-refractivity contribution in [2.75, 3.05) is 0 Å². The molecule has 2 aromatic rings. The number of nitrogens with one attached hydrogen (secondary N) is 1. The normalized spacial score (nSPS) is 12.1. The maximum Gasteiger partial charge on any atom is 0.248 e. The van der Waals surface area contributed by atoms with Gasteiger partial charge in [-0.3, -0.25) is 4.79 Å². The molecule has 2 rings (SSSR count). The average molecular weight is 368 g/mol. The Balaban J connectivity index is 2.04. The fraction of sp³-hybridized carbons (Fsp3) is 0.188. The maximum atomic E-state index is 11.1. The van der Waals surface area contributed by atoms with Crippen molar-refractivity contribution in [2.45, 2.75) is 19.5 Å². The van der Waals surface area contributed by atoms with Crippen molar-refractivity contribution >= 4 is 33.4 Å². The highest BCUT2D eigenvalue weighted by Gasteiger charge is 2.09. The minimum absolute atomic E-state index is 0.189. The molecule has 0 saturated heterocycles. The number of amides is 1. The van der Waals surface area contributed by atoms with Crippen LogP contribution in [0.25, 0.3) is 0 Å². The quantitative estimate of drug-likeness (QED) is 0.837. The van der Waals surface area contributed by atoms with Gasteiger partial charge in [0.15, 0.2) is 0 Å². The van der Waals surface area contributed by atoms with E-state index in [1.807, 2.05) is 18.2 Å². The number of nitrogens with two attached hydrogens (primary N) is 1. The molecule has 0 unspecified atom stereocenters. The number of carbonyl (C=O) groups excluding carboxylic acids is 1. The van der Waals surface area contributed by atoms with E-state index >= 15 is 0 Å². The molecule has 5 heteroatoms. The van der Waals surface area contributed by atoms with Crippen molar-refractivity contribution in [3.05, 3.63) is 68.7 Å². The highest BCUT2D eigenvalue weighted by Crippen LogP contribution is 2.21. The molecule has 2 aromatic carbocycles. The van der Waals surface area contributed by atoms with Gasteiger partial charge in [-0.2, -0.15) is 0 Å². The highest BCUT2D eigenvalue weighted by molar-refractivity contribution is 9.10. The Morgan fingerprint density at radius 2 is 2.10 bits per heavy atom. The lowest BCUT2D eigenvalue weighted by atomic mass is 10.1. The van der Waals surface area contributed by atoms with Crippen molar-refractivity contribution in [3.63, 3.8) is 0 Å². The van der Waals surface area contributed by atoms with E-state index in [0.29, 0.717) is 17.1 Å². The number of hydrogen-bond donors (Lipinski definition) is 2. The van der Waals surface area contributed by atoms with Crippen LogP contribution in [0.1, 0.15) is 34.5 Å². The molecule has 3 nitrogen and oxygen atoms in total. The molecular formula is C16H16BrClN2O. The molecule has 0 heterocycles. The molecule has 0 bridgehead atoms. The molecule has 0 aromatic heterocycles. The molecule has 0 radical (unpaired) electrons. The average Bonchev–Trinajstić information content (AvgIpc) is 2.45. The molecule has 0 aliphatic rings. The zero-order valence-electron chi connectivity index (χ0n) is 11.6. The Kier molecular flexibility index (Phi) is 5.39. The van der Waals surface area contributed by atoms with Crippen molar-refractivity contribution in [1.29, 1.82) is 0 Å². The minimum atomic E-state index is -0.473. The summed E-state index contributed by atoms with van der Waals surface area (Å²) in [7, 11) is 0. The number of benzene rings is 2. The zero-order chi connectivity index (χ0) is 15.4. The van der Waals surface area contributed by atoms with E-state index in [2.05, 4.69) is 40.3 Å². The van der Waals surface area contributed by atoms with Crippen LogP contribution in [0.4, 0.5) is 0 Å². The molecule has 1 amide bonds. The fourth-order valence-corrected chi connectivity index (χ4v) is 2.67. The summed E-state index contributed by atoms with van der Waals surface area (Å²) in [5, 5.41) is 3.95. The van der Waals surface area contributed by atoms with Crippen LogP contribution in [0, 0.1) is 0 Å². The summed E-state index contributed by atoms with van der Waals surface area (Å²) in [5.41, 5.74) is 7.77. The van der Waals surface area contributed by atoms with Gasteiger partial charge in [-0.1, -0.05) is 45.7 Å². The second-order valence-electron chi connectivity index (χ2n) is 4.83. The van der Waals surface area contributed by atoms with E-state index < -0.39 is 5.91 Å². The summed E-state index contributed by atoms with van der Waals surface area (Å²) >= 11 is 9.64. The first kappa shape index (κ1) is 16.0. The summed E-state index contributed by atoms with van der Waals surface area (Å²) in [6, 6.07) is 13.5. The van der Waals surface area contributed by atoms with Crippen LogP contribution < -0.4 is 11.1 Å². The molecule has 0 aliphatic carbocycles. The molecule has 0 aliphatic heterocycles. The first-order valence-corrected chi connectivity index (χ1v) is 7.71. The lowest BCUT2D eigenvalue weighted by Gasteiger charge is -2.15. The fourth-order valence-electron chi connectivity index (χ4n) is 2.00. The largest absolute Gasteiger partial charge is 0.366 e. The number of rotatable bonds is 5. The van der Waals surface area contributed by atoms with Crippen molar-refractivity contribution < 1.29 is 4.79 Å². The van der Waals surface area contributed by atoms with Gasteiger partial charge >= 0.3 is 0 Å². The molecule has 110 valence electrons. The monoisotopic (exact) mass is 366 g/mol. The highest BCUT2D eigenvalue weighted by atomic mass is 79.9. The third-order valence-corrected chi connectivity index (χ3v) is 4.13. The standard InChI is InChI=1S/C16H16BrClN2O/c1-10(11-3-2-4-14(17)7-11)20-9-13-6-5-12(16(19)21)8-15(13)18/h2-8,10,20H,9H2,1H3,(H2,19,21)/t10-/m0/s1. The Labute approximate surface area is 137 Å². The van der Waals surface area contributed by atoms with Crippen LogP contribution in [-0.4, -0.2) is 5.91 Å². The van der Waals surface area contributed by atoms with Gasteiger partial charge in [-0.15, -0.1) is 0 Å². The smallest absolute Gasteiger partial charge is 0.248 e. The molecule has 1 atom stereocenters. The third-order valence-electron chi connectivity index (χ3n) is 3.28. The molecule has 0 fully saturated rings. The number of carbonyl (C=O) groups is 1. The third kappa shape index (κ3) is 4.30. The van der Waals surface area contributed by atoms with Crippen molar-refractivity contribution in [2.24, 2.45) is 5.73 Å². The molecule has 21 heavy (non-hydrogen) atoms. The van der Waals surface area contributed by atoms with Crippen LogP contribution in [0.2, 0.25) is 5.02 Å². The molecular weight excluding hydrogens is 352 g/mol. The second kappa shape index (κ2) is 7.07. The van der Waals surface area contributed by atoms with E-state index in [-0.39, 0.29) is 6.04 Å². The first-order chi connectivity index (χ1) is 9.97. The van der Waals surface area contributed by atoms with E-state index in [9.17, 15) is 4.79 Å². The van der Waals surface area contributed by atoms with Gasteiger partial charge in [0.05, 0.1) is 0 Å². The van der Waals surface area contributed by atoms with Crippen LogP contribution in [-0.2, 0) is 6.54 Å². The zero-order valence-corrected chi connectivity index (χ0v) is 13.9. The Morgan fingerprint density at radius 3 is 2.71 bits per heavy atom. The van der Waals surface area contributed by atoms with Gasteiger partial charge in [0, 0.05) is 27.6 Å². The van der Waals surface area contributed by atoms with Gasteiger partial charge in [-0.05, 0) is 42.3 Å². The lowest BCUT2D eigenvalue weighted by Crippen LogP contribution is -2.18. The van der Waals surface area contributed by atoms with E-state index in [0.717, 1.165) is 10.0 Å². The molecule has 0 saturated carbocycles. The van der Waals surface area contributed by atoms with Crippen molar-refractivity contribution in [1.82, 2.24) is 5.32 Å². The van der Waals surface area contributed by atoms with Gasteiger partial charge in [0.1, 0.15) is 0 Å². The number of halogens is 2. The maximum absolute atomic E-state index is 11.1. The van der Waals surface area contributed by atoms with Gasteiger partial charge in [-0.25, -0.2) is 0 Å². The number of hydrogen-bond acceptors (Lipinski definition) is 2. The Hall–Kier alpha value is -1.36. The first-order valence-electron chi connectivity index (χ1n) is 6.54. The predicted octanol–water partition coefficient (Wildman–Crippen LogP) is 4.05. The SMILES string of the molecule is C[C@H](NCc1ccc(C(N)=O)cc1Cl)c1cccc(Br)c1. The lowest BCUT2D eigenvalue weighted by molar-refractivity contribution is 0.100. The van der Waals surface area contributed by atoms with Crippen LogP contribution >= 0.6 is 27.5 Å². The molecule has 3 N–H and O–H groups in total. The predicted molar refractivity (Wildman–Crippen MR) is 89.4 cm³/mol. The van der Waals surface area contributed by atoms with Gasteiger partial charge < -0.3 is 11.1 Å².